The highest BCUT2D eigenvalue weighted by atomic mass is 35.5. The largest absolute Gasteiger partial charge is 0.454 e. The van der Waals surface area contributed by atoms with Crippen LogP contribution in [0, 0.1) is 0 Å². The van der Waals surface area contributed by atoms with Crippen LogP contribution in [0.25, 0.3) is 5.70 Å². The van der Waals surface area contributed by atoms with Crippen LogP contribution in [0.3, 0.4) is 0 Å². The number of hydrogen-bond donors (Lipinski definition) is 0. The van der Waals surface area contributed by atoms with E-state index < -0.39 is 24.0 Å². The smallest absolute Gasteiger partial charge is 0.326 e. The number of esters is 1. The van der Waals surface area contributed by atoms with Gasteiger partial charge in [0, 0.05) is 40.9 Å². The van der Waals surface area contributed by atoms with Gasteiger partial charge in [0.15, 0.2) is 12.4 Å². The Morgan fingerprint density at radius 1 is 1.09 bits per heavy atom. The fourth-order valence-corrected chi connectivity index (χ4v) is 5.05. The average Bonchev–Trinajstić information content (AvgIpc) is 3.08. The lowest BCUT2D eigenvalue weighted by atomic mass is 9.74. The molecule has 4 rings (SSSR count). The minimum Gasteiger partial charge on any atom is -0.454 e. The molecule has 34 heavy (non-hydrogen) atoms. The van der Waals surface area contributed by atoms with E-state index >= 15 is 0 Å². The summed E-state index contributed by atoms with van der Waals surface area (Å²) in [5.74, 6) is -1.71. The van der Waals surface area contributed by atoms with Crippen LogP contribution in [0.5, 0.6) is 0 Å². The molecule has 176 valence electrons. The third-order valence-corrected chi connectivity index (χ3v) is 6.93. The third-order valence-electron chi connectivity index (χ3n) is 6.60. The van der Waals surface area contributed by atoms with Gasteiger partial charge in [-0.15, -0.1) is 0 Å². The van der Waals surface area contributed by atoms with Crippen molar-refractivity contribution in [1.82, 2.24) is 9.80 Å². The van der Waals surface area contributed by atoms with E-state index in [1.807, 2.05) is 0 Å². The predicted molar refractivity (Wildman–Crippen MR) is 127 cm³/mol. The Bertz CT molecular complexity index is 1160. The summed E-state index contributed by atoms with van der Waals surface area (Å²) in [7, 11) is 1.53. The predicted octanol–water partition coefficient (Wildman–Crippen LogP) is 3.81. The number of benzene rings is 2. The first kappa shape index (κ1) is 23.7. The van der Waals surface area contributed by atoms with Gasteiger partial charge >= 0.3 is 5.97 Å². The van der Waals surface area contributed by atoms with Crippen LogP contribution >= 0.6 is 11.6 Å². The molecule has 1 aliphatic heterocycles. The third kappa shape index (κ3) is 4.01. The summed E-state index contributed by atoms with van der Waals surface area (Å²) in [6.07, 6.45) is 2.28. The number of fused-ring (bicyclic) bond motifs is 1. The monoisotopic (exact) mass is 480 g/mol. The molecule has 1 atom stereocenters. The highest BCUT2D eigenvalue weighted by Gasteiger charge is 2.48. The highest BCUT2D eigenvalue weighted by molar-refractivity contribution is 6.31. The molecule has 1 saturated carbocycles. The van der Waals surface area contributed by atoms with E-state index in [0.29, 0.717) is 40.3 Å². The zero-order valence-corrected chi connectivity index (χ0v) is 19.6. The Hall–Kier alpha value is -3.45. The first-order valence-corrected chi connectivity index (χ1v) is 11.5. The van der Waals surface area contributed by atoms with Crippen LogP contribution in [0.1, 0.15) is 47.2 Å². The molecule has 1 heterocycles. The fourth-order valence-electron chi connectivity index (χ4n) is 4.76. The quantitative estimate of drug-likeness (QED) is 0.587. The van der Waals surface area contributed by atoms with Crippen molar-refractivity contribution in [3.8, 4) is 0 Å². The molecule has 2 aromatic rings. The number of halogens is 1. The Morgan fingerprint density at radius 2 is 1.76 bits per heavy atom. The van der Waals surface area contributed by atoms with Crippen LogP contribution in [-0.4, -0.2) is 53.6 Å². The molecule has 2 amide bonds. The zero-order chi connectivity index (χ0) is 24.5. The van der Waals surface area contributed by atoms with E-state index in [9.17, 15) is 19.2 Å². The number of carbonyl (C=O) groups is 4. The molecule has 1 aliphatic carbocycles. The second kappa shape index (κ2) is 9.43. The maximum Gasteiger partial charge on any atom is 0.326 e. The van der Waals surface area contributed by atoms with Crippen LogP contribution in [0.2, 0.25) is 5.02 Å². The topological polar surface area (TPSA) is 84.0 Å². The molecule has 0 bridgehead atoms. The standard InChI is InChI=1S/C26H25ClN2O5/c1-17-18-9-3-4-10-19(18)25(33)29(17)15-24(32)34-16-23(31)28(2)26(14-8-7-13-22(26)30)20-11-5-6-12-21(20)27/h3-6,9-12H,1,7-8,13-16H2,2H3. The SMILES string of the molecule is C=C1c2ccccc2C(=O)N1CC(=O)OCC(=O)N(C)C1(c2ccccc2Cl)CCCCC1=O. The van der Waals surface area contributed by atoms with Crippen LogP contribution in [0.15, 0.2) is 55.1 Å². The first-order valence-electron chi connectivity index (χ1n) is 11.1. The summed E-state index contributed by atoms with van der Waals surface area (Å²) >= 11 is 6.43. The van der Waals surface area contributed by atoms with Gasteiger partial charge in [-0.3, -0.25) is 24.1 Å². The molecular formula is C26H25ClN2O5. The van der Waals surface area contributed by atoms with Gasteiger partial charge in [0.05, 0.1) is 0 Å². The van der Waals surface area contributed by atoms with Crippen molar-refractivity contribution in [2.75, 3.05) is 20.2 Å². The van der Waals surface area contributed by atoms with Crippen molar-refractivity contribution in [3.05, 3.63) is 76.8 Å². The number of nitrogens with zero attached hydrogens (tertiary/aromatic N) is 2. The summed E-state index contributed by atoms with van der Waals surface area (Å²) in [4.78, 5) is 53.9. The van der Waals surface area contributed by atoms with Gasteiger partial charge < -0.3 is 9.64 Å². The van der Waals surface area contributed by atoms with Crippen molar-refractivity contribution in [2.24, 2.45) is 0 Å². The number of carbonyl (C=O) groups excluding carboxylic acids is 4. The van der Waals surface area contributed by atoms with Gasteiger partial charge in [0.1, 0.15) is 12.1 Å². The van der Waals surface area contributed by atoms with Crippen molar-refractivity contribution < 1.29 is 23.9 Å². The van der Waals surface area contributed by atoms with Crippen LogP contribution < -0.4 is 0 Å². The molecule has 0 aromatic heterocycles. The number of ether oxygens (including phenoxy) is 1. The van der Waals surface area contributed by atoms with Gasteiger partial charge in [-0.1, -0.05) is 54.6 Å². The van der Waals surface area contributed by atoms with Gasteiger partial charge in [0.25, 0.3) is 11.8 Å². The van der Waals surface area contributed by atoms with E-state index in [1.54, 1.807) is 48.5 Å². The minimum absolute atomic E-state index is 0.0919. The molecule has 0 saturated heterocycles. The Morgan fingerprint density at radius 3 is 2.44 bits per heavy atom. The number of hydrogen-bond acceptors (Lipinski definition) is 5. The maximum absolute atomic E-state index is 13.1. The second-order valence-corrected chi connectivity index (χ2v) is 8.87. The summed E-state index contributed by atoms with van der Waals surface area (Å²) in [5, 5.41) is 0.403. The van der Waals surface area contributed by atoms with Crippen LogP contribution in [0.4, 0.5) is 0 Å². The minimum atomic E-state index is -1.21. The lowest BCUT2D eigenvalue weighted by Gasteiger charge is -2.43. The molecule has 0 radical (unpaired) electrons. The fraction of sp³-hybridized carbons (Fsp3) is 0.308. The first-order chi connectivity index (χ1) is 16.3. The molecule has 0 N–H and O–H groups in total. The Kier molecular flexibility index (Phi) is 6.57. The number of amides is 2. The van der Waals surface area contributed by atoms with Gasteiger partial charge in [-0.05, 0) is 31.4 Å². The average molecular weight is 481 g/mol. The number of Topliss-reactive ketones (excluding diaryl/α,β-unsaturated/α-hetero) is 1. The molecule has 0 spiro atoms. The summed E-state index contributed by atoms with van der Waals surface area (Å²) in [5.41, 5.74) is 0.898. The van der Waals surface area contributed by atoms with E-state index in [-0.39, 0.29) is 18.2 Å². The van der Waals surface area contributed by atoms with Crippen molar-refractivity contribution in [1.29, 1.82) is 0 Å². The second-order valence-electron chi connectivity index (χ2n) is 8.47. The Labute approximate surface area is 202 Å². The molecule has 1 unspecified atom stereocenters. The highest BCUT2D eigenvalue weighted by Crippen LogP contribution is 2.42. The van der Waals surface area contributed by atoms with E-state index in [4.69, 9.17) is 16.3 Å². The molecule has 7 nitrogen and oxygen atoms in total. The Balaban J connectivity index is 1.45. The molecule has 2 aliphatic rings. The van der Waals surface area contributed by atoms with E-state index in [1.165, 1.54) is 16.8 Å². The molecule has 1 fully saturated rings. The van der Waals surface area contributed by atoms with Crippen LogP contribution in [-0.2, 0) is 24.7 Å². The van der Waals surface area contributed by atoms with E-state index in [2.05, 4.69) is 6.58 Å². The lowest BCUT2D eigenvalue weighted by Crippen LogP contribution is -2.55. The summed E-state index contributed by atoms with van der Waals surface area (Å²) in [6.45, 7) is 2.97. The van der Waals surface area contributed by atoms with Crippen molar-refractivity contribution in [2.45, 2.75) is 31.2 Å². The number of likely N-dealkylation sites (N-methyl/N-ethyl adjacent to an activating group) is 1. The van der Waals surface area contributed by atoms with Crippen molar-refractivity contribution in [3.63, 3.8) is 0 Å². The van der Waals surface area contributed by atoms with Crippen molar-refractivity contribution >= 4 is 40.9 Å². The lowest BCUT2D eigenvalue weighted by molar-refractivity contribution is -0.157. The summed E-state index contributed by atoms with van der Waals surface area (Å²) in [6, 6.07) is 13.9. The molecule has 8 heteroatoms. The molecule has 2 aromatic carbocycles. The van der Waals surface area contributed by atoms with E-state index in [0.717, 1.165) is 12.8 Å². The summed E-state index contributed by atoms with van der Waals surface area (Å²) < 4.78 is 5.21. The van der Waals surface area contributed by atoms with Gasteiger partial charge in [-0.25, -0.2) is 0 Å². The number of rotatable bonds is 6. The maximum atomic E-state index is 13.1. The number of ketones is 1. The molecular weight excluding hydrogens is 456 g/mol. The zero-order valence-electron chi connectivity index (χ0n) is 18.9. The van der Waals surface area contributed by atoms with Gasteiger partial charge in [-0.2, -0.15) is 0 Å². The normalized spacial score (nSPS) is 19.7. The van der Waals surface area contributed by atoms with Gasteiger partial charge in [0.2, 0.25) is 0 Å².